The second kappa shape index (κ2) is 4.81. The molecule has 7 heteroatoms. The standard InChI is InChI=1S/C8H11F3N4/c9-8(10,11)2-1-3-14-7-6(12)4-13-5-15-7/h4-5H,1-3,12H2,(H,13,14,15). The minimum atomic E-state index is -4.11. The number of anilines is 2. The maximum Gasteiger partial charge on any atom is 0.389 e. The molecule has 0 radical (unpaired) electrons. The molecule has 15 heavy (non-hydrogen) atoms. The van der Waals surface area contributed by atoms with E-state index in [4.69, 9.17) is 5.73 Å². The van der Waals surface area contributed by atoms with Crippen LogP contribution in [0.5, 0.6) is 0 Å². The molecule has 0 aliphatic carbocycles. The third-order valence-electron chi connectivity index (χ3n) is 1.67. The Balaban J connectivity index is 2.30. The number of nitrogens with one attached hydrogen (secondary N) is 1. The molecule has 0 bridgehead atoms. The van der Waals surface area contributed by atoms with E-state index in [1.54, 1.807) is 0 Å². The first-order chi connectivity index (χ1) is 6.99. The van der Waals surface area contributed by atoms with Gasteiger partial charge in [-0.25, -0.2) is 9.97 Å². The first kappa shape index (κ1) is 11.5. The van der Waals surface area contributed by atoms with Crippen LogP contribution in [0.1, 0.15) is 12.8 Å². The van der Waals surface area contributed by atoms with Gasteiger partial charge in [0.15, 0.2) is 5.82 Å². The zero-order valence-electron chi connectivity index (χ0n) is 7.88. The molecule has 0 atom stereocenters. The van der Waals surface area contributed by atoms with E-state index in [1.807, 2.05) is 0 Å². The van der Waals surface area contributed by atoms with Gasteiger partial charge in [-0.1, -0.05) is 0 Å². The molecule has 0 saturated carbocycles. The van der Waals surface area contributed by atoms with Crippen LogP contribution in [-0.2, 0) is 0 Å². The quantitative estimate of drug-likeness (QED) is 0.759. The molecule has 0 aromatic carbocycles. The number of nitrogens with two attached hydrogens (primary N) is 1. The van der Waals surface area contributed by atoms with Gasteiger partial charge in [0.1, 0.15) is 6.33 Å². The van der Waals surface area contributed by atoms with Gasteiger partial charge >= 0.3 is 6.18 Å². The maximum atomic E-state index is 11.8. The summed E-state index contributed by atoms with van der Waals surface area (Å²) in [6.07, 6.45) is -2.27. The number of rotatable bonds is 4. The van der Waals surface area contributed by atoms with Crippen molar-refractivity contribution in [2.45, 2.75) is 19.0 Å². The lowest BCUT2D eigenvalue weighted by Crippen LogP contribution is -2.12. The van der Waals surface area contributed by atoms with Gasteiger partial charge in [0.05, 0.1) is 11.9 Å². The Bertz CT molecular complexity index is 313. The lowest BCUT2D eigenvalue weighted by atomic mass is 10.3. The van der Waals surface area contributed by atoms with Crippen molar-refractivity contribution >= 4 is 11.5 Å². The third-order valence-corrected chi connectivity index (χ3v) is 1.67. The number of aromatic nitrogens is 2. The molecule has 84 valence electrons. The van der Waals surface area contributed by atoms with E-state index in [0.717, 1.165) is 0 Å². The number of hydrogen-bond acceptors (Lipinski definition) is 4. The summed E-state index contributed by atoms with van der Waals surface area (Å²) >= 11 is 0. The Morgan fingerprint density at radius 3 is 2.73 bits per heavy atom. The highest BCUT2D eigenvalue weighted by Crippen LogP contribution is 2.21. The Hall–Kier alpha value is -1.53. The van der Waals surface area contributed by atoms with E-state index < -0.39 is 12.6 Å². The predicted octanol–water partition coefficient (Wildman–Crippen LogP) is 1.81. The van der Waals surface area contributed by atoms with Crippen molar-refractivity contribution in [3.05, 3.63) is 12.5 Å². The van der Waals surface area contributed by atoms with Crippen LogP contribution in [-0.4, -0.2) is 22.7 Å². The van der Waals surface area contributed by atoms with E-state index >= 15 is 0 Å². The SMILES string of the molecule is Nc1cncnc1NCCCC(F)(F)F. The molecule has 0 unspecified atom stereocenters. The monoisotopic (exact) mass is 220 g/mol. The minimum absolute atomic E-state index is 0.00700. The van der Waals surface area contributed by atoms with E-state index in [9.17, 15) is 13.2 Å². The largest absolute Gasteiger partial charge is 0.394 e. The summed E-state index contributed by atoms with van der Waals surface area (Å²) in [5.74, 6) is 0.368. The van der Waals surface area contributed by atoms with Crippen molar-refractivity contribution in [2.75, 3.05) is 17.6 Å². The molecule has 0 fully saturated rings. The molecule has 4 nitrogen and oxygen atoms in total. The third kappa shape index (κ3) is 4.48. The van der Waals surface area contributed by atoms with Crippen LogP contribution >= 0.6 is 0 Å². The van der Waals surface area contributed by atoms with Gasteiger partial charge in [0.25, 0.3) is 0 Å². The topological polar surface area (TPSA) is 63.8 Å². The summed E-state index contributed by atoms with van der Waals surface area (Å²) in [6, 6.07) is 0. The van der Waals surface area contributed by atoms with E-state index in [-0.39, 0.29) is 13.0 Å². The minimum Gasteiger partial charge on any atom is -0.394 e. The van der Waals surface area contributed by atoms with E-state index in [1.165, 1.54) is 12.5 Å². The van der Waals surface area contributed by atoms with Crippen LogP contribution in [0.2, 0.25) is 0 Å². The Morgan fingerprint density at radius 2 is 2.13 bits per heavy atom. The molecule has 0 aliphatic heterocycles. The summed E-state index contributed by atoms with van der Waals surface area (Å²) in [5.41, 5.74) is 5.80. The first-order valence-corrected chi connectivity index (χ1v) is 4.35. The average Bonchev–Trinajstić information content (AvgIpc) is 2.13. The average molecular weight is 220 g/mol. The second-order valence-corrected chi connectivity index (χ2v) is 2.97. The normalized spacial score (nSPS) is 11.4. The fraction of sp³-hybridized carbons (Fsp3) is 0.500. The molecular weight excluding hydrogens is 209 g/mol. The fourth-order valence-corrected chi connectivity index (χ4v) is 0.984. The maximum absolute atomic E-state index is 11.8. The molecule has 0 aliphatic rings. The number of nitrogens with zero attached hydrogens (tertiary/aromatic N) is 2. The number of alkyl halides is 3. The van der Waals surface area contributed by atoms with Gasteiger partial charge in [-0.2, -0.15) is 13.2 Å². The number of hydrogen-bond donors (Lipinski definition) is 2. The van der Waals surface area contributed by atoms with Crippen LogP contribution in [0.15, 0.2) is 12.5 Å². The lowest BCUT2D eigenvalue weighted by Gasteiger charge is -2.08. The van der Waals surface area contributed by atoms with Crippen molar-refractivity contribution in [1.82, 2.24) is 9.97 Å². The fourth-order valence-electron chi connectivity index (χ4n) is 0.984. The van der Waals surface area contributed by atoms with Crippen molar-refractivity contribution < 1.29 is 13.2 Å². The van der Waals surface area contributed by atoms with Gasteiger partial charge in [-0.05, 0) is 6.42 Å². The highest BCUT2D eigenvalue weighted by atomic mass is 19.4. The summed E-state index contributed by atoms with van der Waals surface area (Å²) in [4.78, 5) is 7.44. The smallest absolute Gasteiger partial charge is 0.389 e. The molecule has 1 aromatic rings. The van der Waals surface area contributed by atoms with Crippen LogP contribution in [0.25, 0.3) is 0 Å². The van der Waals surface area contributed by atoms with Gasteiger partial charge in [0, 0.05) is 13.0 Å². The zero-order chi connectivity index (χ0) is 11.3. The molecule has 1 rings (SSSR count). The summed E-state index contributed by atoms with van der Waals surface area (Å²) in [6.45, 7) is 0.181. The highest BCUT2D eigenvalue weighted by Gasteiger charge is 2.25. The van der Waals surface area contributed by atoms with Crippen molar-refractivity contribution in [3.8, 4) is 0 Å². The summed E-state index contributed by atoms with van der Waals surface area (Å²) in [7, 11) is 0. The van der Waals surface area contributed by atoms with Gasteiger partial charge in [0.2, 0.25) is 0 Å². The van der Waals surface area contributed by atoms with Crippen LogP contribution in [0, 0.1) is 0 Å². The second-order valence-electron chi connectivity index (χ2n) is 2.97. The summed E-state index contributed by atoms with van der Waals surface area (Å²) < 4.78 is 35.3. The molecule has 1 heterocycles. The van der Waals surface area contributed by atoms with Crippen LogP contribution in [0.4, 0.5) is 24.7 Å². The molecule has 3 N–H and O–H groups in total. The number of nitrogen functional groups attached to an aromatic ring is 1. The van der Waals surface area contributed by atoms with Gasteiger partial charge < -0.3 is 11.1 Å². The van der Waals surface area contributed by atoms with Crippen molar-refractivity contribution in [2.24, 2.45) is 0 Å². The zero-order valence-corrected chi connectivity index (χ0v) is 7.88. The highest BCUT2D eigenvalue weighted by molar-refractivity contribution is 5.58. The molecular formula is C8H11F3N4. The Labute approximate surface area is 84.7 Å². The van der Waals surface area contributed by atoms with Gasteiger partial charge in [-0.15, -0.1) is 0 Å². The van der Waals surface area contributed by atoms with Crippen molar-refractivity contribution in [1.29, 1.82) is 0 Å². The Morgan fingerprint density at radius 1 is 1.40 bits per heavy atom. The van der Waals surface area contributed by atoms with Crippen LogP contribution < -0.4 is 11.1 Å². The molecule has 0 spiro atoms. The predicted molar refractivity (Wildman–Crippen MR) is 50.2 cm³/mol. The van der Waals surface area contributed by atoms with Crippen molar-refractivity contribution in [3.63, 3.8) is 0 Å². The van der Waals surface area contributed by atoms with E-state index in [0.29, 0.717) is 11.5 Å². The molecule has 0 saturated heterocycles. The van der Waals surface area contributed by atoms with Crippen LogP contribution in [0.3, 0.4) is 0 Å². The summed E-state index contributed by atoms with van der Waals surface area (Å²) in [5, 5.41) is 2.71. The first-order valence-electron chi connectivity index (χ1n) is 4.35. The van der Waals surface area contributed by atoms with Gasteiger partial charge in [-0.3, -0.25) is 0 Å². The lowest BCUT2D eigenvalue weighted by molar-refractivity contribution is -0.134. The molecule has 1 aromatic heterocycles. The number of halogens is 3. The van der Waals surface area contributed by atoms with E-state index in [2.05, 4.69) is 15.3 Å². The molecule has 0 amide bonds. The Kier molecular flexibility index (Phi) is 3.70.